The second kappa shape index (κ2) is 5.95. The van der Waals surface area contributed by atoms with Crippen molar-refractivity contribution in [3.05, 3.63) is 28.8 Å². The summed E-state index contributed by atoms with van der Waals surface area (Å²) in [6.07, 6.45) is 5.12. The summed E-state index contributed by atoms with van der Waals surface area (Å²) in [6.45, 7) is 6.71. The Balaban J connectivity index is 2.10. The first kappa shape index (κ1) is 15.7. The van der Waals surface area contributed by atoms with Crippen molar-refractivity contribution in [3.8, 4) is 0 Å². The highest BCUT2D eigenvalue weighted by molar-refractivity contribution is 6.31. The van der Waals surface area contributed by atoms with E-state index in [-0.39, 0.29) is 6.04 Å². The predicted octanol–water partition coefficient (Wildman–Crippen LogP) is 4.76. The van der Waals surface area contributed by atoms with Crippen LogP contribution in [0.1, 0.15) is 58.1 Å². The molecule has 2 nitrogen and oxygen atoms in total. The average Bonchev–Trinajstić information content (AvgIpc) is 2.37. The third-order valence-electron chi connectivity index (χ3n) is 4.74. The van der Waals surface area contributed by atoms with E-state index < -0.39 is 0 Å². The zero-order valence-corrected chi connectivity index (χ0v) is 13.9. The standard InChI is InChI=1S/C17H27ClN2/c1-12(19)15-6-5-14(11-16(15)18)20(4)13-7-9-17(2,3)10-8-13/h5-6,11-13H,7-10,19H2,1-4H3. The molecule has 0 spiro atoms. The molecule has 0 aromatic heterocycles. The Kier molecular flexibility index (Phi) is 4.66. The van der Waals surface area contributed by atoms with Crippen molar-refractivity contribution in [2.24, 2.45) is 11.1 Å². The molecule has 1 unspecified atom stereocenters. The highest BCUT2D eigenvalue weighted by Gasteiger charge is 2.29. The first-order valence-corrected chi connectivity index (χ1v) is 7.96. The summed E-state index contributed by atoms with van der Waals surface area (Å²) < 4.78 is 0. The van der Waals surface area contributed by atoms with Crippen molar-refractivity contribution in [3.63, 3.8) is 0 Å². The number of nitrogens with zero attached hydrogens (tertiary/aromatic N) is 1. The minimum absolute atomic E-state index is 0.0164. The van der Waals surface area contributed by atoms with Crippen LogP contribution < -0.4 is 10.6 Å². The second-order valence-corrected chi connectivity index (χ2v) is 7.41. The van der Waals surface area contributed by atoms with Gasteiger partial charge >= 0.3 is 0 Å². The molecule has 112 valence electrons. The van der Waals surface area contributed by atoms with E-state index in [4.69, 9.17) is 17.3 Å². The number of rotatable bonds is 3. The molecular formula is C17H27ClN2. The molecule has 1 aromatic carbocycles. The maximum absolute atomic E-state index is 6.35. The Morgan fingerprint density at radius 1 is 1.30 bits per heavy atom. The van der Waals surface area contributed by atoms with Gasteiger partial charge in [0.25, 0.3) is 0 Å². The molecule has 20 heavy (non-hydrogen) atoms. The lowest BCUT2D eigenvalue weighted by Crippen LogP contribution is -2.37. The van der Waals surface area contributed by atoms with Gasteiger partial charge in [-0.15, -0.1) is 0 Å². The number of nitrogens with two attached hydrogens (primary N) is 1. The fourth-order valence-electron chi connectivity index (χ4n) is 3.09. The molecule has 0 saturated heterocycles. The summed E-state index contributed by atoms with van der Waals surface area (Å²) in [6, 6.07) is 6.87. The van der Waals surface area contributed by atoms with Crippen LogP contribution in [0.25, 0.3) is 0 Å². The minimum atomic E-state index is -0.0164. The predicted molar refractivity (Wildman–Crippen MR) is 88.5 cm³/mol. The topological polar surface area (TPSA) is 29.3 Å². The van der Waals surface area contributed by atoms with Gasteiger partial charge in [-0.05, 0) is 55.7 Å². The number of benzene rings is 1. The van der Waals surface area contributed by atoms with Crippen molar-refractivity contribution in [2.75, 3.05) is 11.9 Å². The number of hydrogen-bond donors (Lipinski definition) is 1. The van der Waals surface area contributed by atoms with Gasteiger partial charge in [0.2, 0.25) is 0 Å². The van der Waals surface area contributed by atoms with Gasteiger partial charge in [-0.3, -0.25) is 0 Å². The average molecular weight is 295 g/mol. The zero-order valence-electron chi connectivity index (χ0n) is 13.1. The van der Waals surface area contributed by atoms with Crippen LogP contribution in [0.2, 0.25) is 5.02 Å². The summed E-state index contributed by atoms with van der Waals surface area (Å²) >= 11 is 6.35. The molecule has 2 rings (SSSR count). The molecule has 1 aliphatic carbocycles. The molecule has 1 atom stereocenters. The summed E-state index contributed by atoms with van der Waals surface area (Å²) in [7, 11) is 2.18. The van der Waals surface area contributed by atoms with Crippen LogP contribution in [0.3, 0.4) is 0 Å². The molecule has 0 heterocycles. The van der Waals surface area contributed by atoms with Crippen LogP contribution in [-0.4, -0.2) is 13.1 Å². The van der Waals surface area contributed by atoms with E-state index in [2.05, 4.69) is 44.0 Å². The van der Waals surface area contributed by atoms with Gasteiger partial charge in [0.1, 0.15) is 0 Å². The SMILES string of the molecule is CC(N)c1ccc(N(C)C2CCC(C)(C)CC2)cc1Cl. The molecule has 1 aliphatic rings. The molecule has 3 heteroatoms. The third-order valence-corrected chi connectivity index (χ3v) is 5.07. The zero-order chi connectivity index (χ0) is 14.9. The van der Waals surface area contributed by atoms with Crippen molar-refractivity contribution in [1.82, 2.24) is 0 Å². The minimum Gasteiger partial charge on any atom is -0.372 e. The number of hydrogen-bond acceptors (Lipinski definition) is 2. The van der Waals surface area contributed by atoms with Crippen molar-refractivity contribution in [2.45, 2.75) is 58.5 Å². The normalized spacial score (nSPS) is 20.7. The largest absolute Gasteiger partial charge is 0.372 e. The second-order valence-electron chi connectivity index (χ2n) is 7.00. The van der Waals surface area contributed by atoms with E-state index in [0.29, 0.717) is 11.5 Å². The smallest absolute Gasteiger partial charge is 0.0474 e. The maximum Gasteiger partial charge on any atom is 0.0474 e. The van der Waals surface area contributed by atoms with E-state index in [1.54, 1.807) is 0 Å². The molecule has 0 amide bonds. The van der Waals surface area contributed by atoms with Gasteiger partial charge in [0.15, 0.2) is 0 Å². The highest BCUT2D eigenvalue weighted by atomic mass is 35.5. The molecule has 0 radical (unpaired) electrons. The lowest BCUT2D eigenvalue weighted by Gasteiger charge is -2.39. The molecule has 0 aliphatic heterocycles. The Bertz CT molecular complexity index is 458. The van der Waals surface area contributed by atoms with Crippen LogP contribution in [0.5, 0.6) is 0 Å². The first-order valence-electron chi connectivity index (χ1n) is 7.58. The van der Waals surface area contributed by atoms with Crippen LogP contribution >= 0.6 is 11.6 Å². The van der Waals surface area contributed by atoms with Crippen molar-refractivity contribution in [1.29, 1.82) is 0 Å². The first-order chi connectivity index (χ1) is 9.30. The highest BCUT2D eigenvalue weighted by Crippen LogP contribution is 2.38. The summed E-state index contributed by atoms with van der Waals surface area (Å²) in [5.41, 5.74) is 8.64. The van der Waals surface area contributed by atoms with E-state index >= 15 is 0 Å². The fourth-order valence-corrected chi connectivity index (χ4v) is 3.43. The Morgan fingerprint density at radius 2 is 1.90 bits per heavy atom. The van der Waals surface area contributed by atoms with Crippen LogP contribution in [0.4, 0.5) is 5.69 Å². The van der Waals surface area contributed by atoms with Crippen molar-refractivity contribution < 1.29 is 0 Å². The molecule has 1 fully saturated rings. The van der Waals surface area contributed by atoms with Crippen molar-refractivity contribution >= 4 is 17.3 Å². The van der Waals surface area contributed by atoms with Gasteiger partial charge in [0.05, 0.1) is 0 Å². The quantitative estimate of drug-likeness (QED) is 0.870. The lowest BCUT2D eigenvalue weighted by molar-refractivity contribution is 0.222. The number of anilines is 1. The molecule has 2 N–H and O–H groups in total. The van der Waals surface area contributed by atoms with Gasteiger partial charge < -0.3 is 10.6 Å². The number of halogens is 1. The maximum atomic E-state index is 6.35. The third kappa shape index (κ3) is 3.48. The van der Waals surface area contributed by atoms with E-state index in [9.17, 15) is 0 Å². The van der Waals surface area contributed by atoms with E-state index in [1.165, 1.54) is 31.4 Å². The Labute approximate surface area is 128 Å². The van der Waals surface area contributed by atoms with Gasteiger partial charge in [0, 0.05) is 29.8 Å². The van der Waals surface area contributed by atoms with Gasteiger partial charge in [-0.25, -0.2) is 0 Å². The van der Waals surface area contributed by atoms with Crippen LogP contribution in [-0.2, 0) is 0 Å². The summed E-state index contributed by atoms with van der Waals surface area (Å²) in [5.74, 6) is 0. The van der Waals surface area contributed by atoms with Crippen LogP contribution in [0, 0.1) is 5.41 Å². The summed E-state index contributed by atoms with van der Waals surface area (Å²) in [5, 5.41) is 0.778. The molecular weight excluding hydrogens is 268 g/mol. The fraction of sp³-hybridized carbons (Fsp3) is 0.647. The molecule has 1 aromatic rings. The van der Waals surface area contributed by atoms with Crippen LogP contribution in [0.15, 0.2) is 18.2 Å². The van der Waals surface area contributed by atoms with Gasteiger partial charge in [-0.2, -0.15) is 0 Å². The Hall–Kier alpha value is -0.730. The lowest BCUT2D eigenvalue weighted by atomic mass is 9.75. The molecule has 0 bridgehead atoms. The Morgan fingerprint density at radius 3 is 2.40 bits per heavy atom. The monoisotopic (exact) mass is 294 g/mol. The van der Waals surface area contributed by atoms with Gasteiger partial charge in [-0.1, -0.05) is 31.5 Å². The van der Waals surface area contributed by atoms with E-state index in [0.717, 1.165) is 10.6 Å². The summed E-state index contributed by atoms with van der Waals surface area (Å²) in [4.78, 5) is 2.38. The molecule has 1 saturated carbocycles. The van der Waals surface area contributed by atoms with E-state index in [1.807, 2.05) is 6.92 Å².